The third-order valence-corrected chi connectivity index (χ3v) is 6.57. The number of ether oxygens (including phenoxy) is 2. The minimum Gasteiger partial charge on any atom is -0.492 e. The Morgan fingerprint density at radius 3 is 2.61 bits per heavy atom. The van der Waals surface area contributed by atoms with Gasteiger partial charge in [0, 0.05) is 4.47 Å². The Labute approximate surface area is 185 Å². The van der Waals surface area contributed by atoms with Crippen molar-refractivity contribution in [3.63, 3.8) is 0 Å². The molecule has 2 aromatic rings. The predicted octanol–water partition coefficient (Wildman–Crippen LogP) is 6.08. The topological polar surface area (TPSA) is 51.1 Å². The lowest BCUT2D eigenvalue weighted by molar-refractivity contribution is -0.114. The minimum atomic E-state index is -0.248. The summed E-state index contributed by atoms with van der Waals surface area (Å²) < 4.78 is 12.6. The average Bonchev–Trinajstić information content (AvgIpc) is 2.94. The lowest BCUT2D eigenvalue weighted by Gasteiger charge is -2.15. The number of nitrogens with zero attached hydrogens (tertiary/aromatic N) is 2. The number of anilines is 1. The first-order valence-electron chi connectivity index (χ1n) is 8.44. The fourth-order valence-electron chi connectivity index (χ4n) is 2.79. The van der Waals surface area contributed by atoms with E-state index < -0.39 is 0 Å². The molecule has 1 aliphatic rings. The fraction of sp³-hybridized carbons (Fsp3) is 0.200. The highest BCUT2D eigenvalue weighted by Crippen LogP contribution is 2.43. The van der Waals surface area contributed by atoms with E-state index in [-0.39, 0.29) is 5.91 Å². The van der Waals surface area contributed by atoms with Crippen LogP contribution in [0.3, 0.4) is 0 Å². The van der Waals surface area contributed by atoms with Gasteiger partial charge in [-0.3, -0.25) is 4.79 Å². The molecule has 5 nitrogen and oxygen atoms in total. The van der Waals surface area contributed by atoms with Gasteiger partial charge in [0.2, 0.25) is 0 Å². The van der Waals surface area contributed by atoms with Crippen LogP contribution >= 0.6 is 43.5 Å². The van der Waals surface area contributed by atoms with Crippen molar-refractivity contribution < 1.29 is 14.3 Å². The summed E-state index contributed by atoms with van der Waals surface area (Å²) in [6.07, 6.45) is 1.77. The molecule has 146 valence electrons. The van der Waals surface area contributed by atoms with E-state index in [0.717, 1.165) is 10.0 Å². The number of hydrazone groups is 1. The molecule has 1 aliphatic heterocycles. The molecule has 0 bridgehead atoms. The fourth-order valence-corrected chi connectivity index (χ4v) is 4.00. The van der Waals surface area contributed by atoms with E-state index in [1.807, 2.05) is 19.1 Å². The highest BCUT2D eigenvalue weighted by atomic mass is 79.9. The van der Waals surface area contributed by atoms with Crippen LogP contribution in [-0.2, 0) is 4.79 Å². The zero-order chi connectivity index (χ0) is 20.4. The van der Waals surface area contributed by atoms with Crippen molar-refractivity contribution in [3.05, 3.63) is 55.4 Å². The monoisotopic (exact) mass is 526 g/mol. The Hall–Kier alpha value is -1.83. The third kappa shape index (κ3) is 3.83. The standard InChI is InChI=1S/C20H17Br2ClN2O3/c1-4-28-16-10-12(17(21)18(22)19(16)27-3)9-13-11(2)24-25(20(13)26)15-8-6-5-7-14(15)23/h5-10H,4H2,1-3H3. The second-order valence-electron chi connectivity index (χ2n) is 5.87. The Morgan fingerprint density at radius 1 is 1.25 bits per heavy atom. The van der Waals surface area contributed by atoms with Gasteiger partial charge in [0.05, 0.1) is 40.2 Å². The highest BCUT2D eigenvalue weighted by Gasteiger charge is 2.30. The number of hydrogen-bond donors (Lipinski definition) is 0. The number of methoxy groups -OCH3 is 1. The third-order valence-electron chi connectivity index (χ3n) is 4.10. The SMILES string of the molecule is CCOc1cc(C=C2C(=O)N(c3ccccc3Cl)N=C2C)c(Br)c(Br)c1OC. The van der Waals surface area contributed by atoms with E-state index in [9.17, 15) is 4.79 Å². The largest absolute Gasteiger partial charge is 0.492 e. The summed E-state index contributed by atoms with van der Waals surface area (Å²) in [6.45, 7) is 4.17. The van der Waals surface area contributed by atoms with Gasteiger partial charge in [0.15, 0.2) is 11.5 Å². The number of carbonyl (C=O) groups excluding carboxylic acids is 1. The van der Waals surface area contributed by atoms with Crippen molar-refractivity contribution >= 4 is 66.8 Å². The summed E-state index contributed by atoms with van der Waals surface area (Å²) >= 11 is 13.3. The summed E-state index contributed by atoms with van der Waals surface area (Å²) in [4.78, 5) is 13.0. The Morgan fingerprint density at radius 2 is 1.96 bits per heavy atom. The van der Waals surface area contributed by atoms with Gasteiger partial charge in [-0.25, -0.2) is 0 Å². The van der Waals surface area contributed by atoms with Gasteiger partial charge < -0.3 is 9.47 Å². The van der Waals surface area contributed by atoms with Crippen LogP contribution in [0.4, 0.5) is 5.69 Å². The van der Waals surface area contributed by atoms with Crippen LogP contribution in [0.5, 0.6) is 11.5 Å². The van der Waals surface area contributed by atoms with Gasteiger partial charge in [-0.15, -0.1) is 0 Å². The summed E-state index contributed by atoms with van der Waals surface area (Å²) in [5.41, 5.74) is 2.37. The highest BCUT2D eigenvalue weighted by molar-refractivity contribution is 9.13. The number of carbonyl (C=O) groups is 1. The van der Waals surface area contributed by atoms with Crippen LogP contribution in [0.25, 0.3) is 6.08 Å². The van der Waals surface area contributed by atoms with E-state index in [1.54, 1.807) is 38.3 Å². The molecule has 1 amide bonds. The molecule has 8 heteroatoms. The average molecular weight is 529 g/mol. The Balaban J connectivity index is 2.06. The molecule has 3 rings (SSSR count). The minimum absolute atomic E-state index is 0.248. The number of amides is 1. The molecule has 0 aromatic heterocycles. The number of halogens is 3. The number of hydrogen-bond acceptors (Lipinski definition) is 4. The molecular weight excluding hydrogens is 511 g/mol. The Bertz CT molecular complexity index is 1010. The van der Waals surface area contributed by atoms with Crippen molar-refractivity contribution in [3.8, 4) is 11.5 Å². The van der Waals surface area contributed by atoms with Crippen LogP contribution in [0.15, 0.2) is 50.0 Å². The smallest absolute Gasteiger partial charge is 0.280 e. The molecule has 0 aliphatic carbocycles. The van der Waals surface area contributed by atoms with Gasteiger partial charge in [0.25, 0.3) is 5.91 Å². The van der Waals surface area contributed by atoms with Gasteiger partial charge in [-0.2, -0.15) is 10.1 Å². The van der Waals surface area contributed by atoms with E-state index in [0.29, 0.717) is 44.6 Å². The molecule has 0 fully saturated rings. The van der Waals surface area contributed by atoms with Crippen molar-refractivity contribution in [1.29, 1.82) is 0 Å². The first kappa shape index (κ1) is 20.9. The van der Waals surface area contributed by atoms with Gasteiger partial charge in [-0.05, 0) is 75.5 Å². The molecule has 0 atom stereocenters. The summed E-state index contributed by atoms with van der Waals surface area (Å²) in [6, 6.07) is 8.92. The number of benzene rings is 2. The molecule has 0 unspecified atom stereocenters. The Kier molecular flexibility index (Phi) is 6.47. The normalized spacial score (nSPS) is 15.2. The molecule has 0 spiro atoms. The van der Waals surface area contributed by atoms with Gasteiger partial charge >= 0.3 is 0 Å². The van der Waals surface area contributed by atoms with Crippen molar-refractivity contribution in [2.24, 2.45) is 5.10 Å². The molecule has 1 heterocycles. The first-order valence-corrected chi connectivity index (χ1v) is 10.4. The van der Waals surface area contributed by atoms with Gasteiger partial charge in [0.1, 0.15) is 0 Å². The summed E-state index contributed by atoms with van der Waals surface area (Å²) in [5, 5.41) is 6.17. The maximum Gasteiger partial charge on any atom is 0.280 e. The maximum atomic E-state index is 13.0. The van der Waals surface area contributed by atoms with Crippen LogP contribution in [0.1, 0.15) is 19.4 Å². The van der Waals surface area contributed by atoms with Crippen molar-refractivity contribution in [2.45, 2.75) is 13.8 Å². The van der Waals surface area contributed by atoms with Gasteiger partial charge in [-0.1, -0.05) is 23.7 Å². The molecule has 0 saturated carbocycles. The quantitative estimate of drug-likeness (QED) is 0.442. The number of para-hydroxylation sites is 1. The molecule has 28 heavy (non-hydrogen) atoms. The summed E-state index contributed by atoms with van der Waals surface area (Å²) in [7, 11) is 1.58. The van der Waals surface area contributed by atoms with E-state index >= 15 is 0 Å². The zero-order valence-corrected chi connectivity index (χ0v) is 19.4. The second kappa shape index (κ2) is 8.68. The molecule has 0 radical (unpaired) electrons. The summed E-state index contributed by atoms with van der Waals surface area (Å²) in [5.74, 6) is 0.911. The van der Waals surface area contributed by atoms with E-state index in [4.69, 9.17) is 21.1 Å². The predicted molar refractivity (Wildman–Crippen MR) is 120 cm³/mol. The maximum absolute atomic E-state index is 13.0. The van der Waals surface area contributed by atoms with Crippen LogP contribution in [0.2, 0.25) is 5.02 Å². The van der Waals surface area contributed by atoms with Crippen molar-refractivity contribution in [2.75, 3.05) is 18.7 Å². The van der Waals surface area contributed by atoms with E-state index in [2.05, 4.69) is 37.0 Å². The lowest BCUT2D eigenvalue weighted by atomic mass is 10.1. The molecule has 2 aromatic carbocycles. The van der Waals surface area contributed by atoms with Crippen LogP contribution < -0.4 is 14.5 Å². The second-order valence-corrected chi connectivity index (χ2v) is 7.86. The molecule has 0 saturated heterocycles. The number of rotatable bonds is 5. The zero-order valence-electron chi connectivity index (χ0n) is 15.4. The van der Waals surface area contributed by atoms with E-state index in [1.165, 1.54) is 5.01 Å². The molecule has 0 N–H and O–H groups in total. The molecular formula is C20H17Br2ClN2O3. The first-order chi connectivity index (χ1) is 13.4. The van der Waals surface area contributed by atoms with Crippen molar-refractivity contribution in [1.82, 2.24) is 0 Å². The van der Waals surface area contributed by atoms with Crippen LogP contribution in [0, 0.1) is 0 Å². The van der Waals surface area contributed by atoms with Crippen LogP contribution in [-0.4, -0.2) is 25.3 Å². The lowest BCUT2D eigenvalue weighted by Crippen LogP contribution is -2.21.